The van der Waals surface area contributed by atoms with E-state index in [9.17, 15) is 0 Å². The highest BCUT2D eigenvalue weighted by Gasteiger charge is 2.31. The van der Waals surface area contributed by atoms with Crippen LogP contribution in [0, 0.1) is 0 Å². The lowest BCUT2D eigenvalue weighted by atomic mass is 9.58. The van der Waals surface area contributed by atoms with E-state index in [1.54, 1.807) is 0 Å². The lowest BCUT2D eigenvalue weighted by molar-refractivity contribution is 0.990. The van der Waals surface area contributed by atoms with Crippen LogP contribution in [0.25, 0.3) is 58.8 Å². The summed E-state index contributed by atoms with van der Waals surface area (Å²) in [5, 5.41) is 9.04. The molecule has 8 aromatic carbocycles. The number of rotatable bonds is 6. The predicted octanol–water partition coefficient (Wildman–Crippen LogP) is 11.7. The molecule has 1 aliphatic rings. The number of benzene rings is 8. The average molecular weight is 692 g/mol. The molecule has 0 saturated carbocycles. The first-order valence-electron chi connectivity index (χ1n) is 18.2. The first kappa shape index (κ1) is 30.3. The molecule has 10 aromatic rings. The maximum absolute atomic E-state index is 3.88. The van der Waals surface area contributed by atoms with E-state index in [-0.39, 0.29) is 5.92 Å². The number of anilines is 2. The molecule has 0 atom stereocenters. The van der Waals surface area contributed by atoms with Crippen LogP contribution < -0.4 is 16.2 Å². The van der Waals surface area contributed by atoms with E-state index in [0.717, 1.165) is 11.4 Å². The van der Waals surface area contributed by atoms with Gasteiger partial charge in [0.15, 0.2) is 7.28 Å². The van der Waals surface area contributed by atoms with Gasteiger partial charge in [0.05, 0.1) is 5.52 Å². The van der Waals surface area contributed by atoms with Crippen molar-refractivity contribution in [2.24, 2.45) is 0 Å². The molecule has 0 fully saturated rings. The first-order valence-corrected chi connectivity index (χ1v) is 19.0. The molecule has 1 N–H and O–H groups in total. The largest absolute Gasteiger partial charge is 0.355 e. The summed E-state index contributed by atoms with van der Waals surface area (Å²) in [4.78, 5) is 0. The van der Waals surface area contributed by atoms with Gasteiger partial charge in [0, 0.05) is 65.0 Å². The normalized spacial score (nSPS) is 12.1. The lowest BCUT2D eigenvalue weighted by Crippen LogP contribution is -2.37. The van der Waals surface area contributed by atoms with Crippen molar-refractivity contribution in [2.75, 3.05) is 5.32 Å². The summed E-state index contributed by atoms with van der Waals surface area (Å²) in [5.41, 5.74) is 14.6. The van der Waals surface area contributed by atoms with Gasteiger partial charge in [-0.3, -0.25) is 0 Å². The number of nitrogens with one attached hydrogen (secondary N) is 1. The molecule has 0 aliphatic carbocycles. The van der Waals surface area contributed by atoms with Gasteiger partial charge in [0.2, 0.25) is 0 Å². The van der Waals surface area contributed by atoms with Crippen molar-refractivity contribution >= 4 is 82.9 Å². The second kappa shape index (κ2) is 12.1. The second-order valence-electron chi connectivity index (χ2n) is 13.9. The van der Waals surface area contributed by atoms with Crippen molar-refractivity contribution in [2.45, 2.75) is 5.92 Å². The maximum atomic E-state index is 3.88. The van der Waals surface area contributed by atoms with Crippen LogP contribution in [0.1, 0.15) is 22.6 Å². The fourth-order valence-electron chi connectivity index (χ4n) is 8.65. The summed E-state index contributed by atoms with van der Waals surface area (Å²) in [6.45, 7) is 0. The third kappa shape index (κ3) is 4.80. The Bertz CT molecular complexity index is 2960. The molecule has 1 aliphatic heterocycles. The Labute approximate surface area is 312 Å². The summed E-state index contributed by atoms with van der Waals surface area (Å²) in [7, 11) is 2.43. The van der Waals surface area contributed by atoms with Crippen molar-refractivity contribution in [1.29, 1.82) is 0 Å². The molecule has 0 amide bonds. The molecule has 2 nitrogen and oxygen atoms in total. The molecule has 1 radical (unpaired) electrons. The third-order valence-electron chi connectivity index (χ3n) is 10.9. The zero-order chi connectivity index (χ0) is 34.9. The molecule has 0 bridgehead atoms. The van der Waals surface area contributed by atoms with Gasteiger partial charge in [-0.1, -0.05) is 139 Å². The van der Waals surface area contributed by atoms with Gasteiger partial charge < -0.3 is 9.88 Å². The van der Waals surface area contributed by atoms with Crippen molar-refractivity contribution in [1.82, 2.24) is 4.57 Å². The van der Waals surface area contributed by atoms with Gasteiger partial charge in [-0.05, 0) is 76.2 Å². The molecular formula is C49H32BN2S. The highest BCUT2D eigenvalue weighted by Crippen LogP contribution is 2.46. The zero-order valence-corrected chi connectivity index (χ0v) is 29.6. The maximum Gasteiger partial charge on any atom is 0.197 e. The van der Waals surface area contributed by atoms with Gasteiger partial charge in [-0.2, -0.15) is 0 Å². The molecule has 4 heteroatoms. The van der Waals surface area contributed by atoms with Crippen LogP contribution in [0.15, 0.2) is 182 Å². The topological polar surface area (TPSA) is 17.0 Å². The second-order valence-corrected chi connectivity index (χ2v) is 15.0. The number of para-hydroxylation sites is 3. The number of hydrogen-bond donors (Lipinski definition) is 1. The van der Waals surface area contributed by atoms with Crippen LogP contribution in [-0.4, -0.2) is 11.8 Å². The Kier molecular flexibility index (Phi) is 6.93. The molecule has 0 saturated heterocycles. The van der Waals surface area contributed by atoms with E-state index in [1.165, 1.54) is 86.4 Å². The minimum absolute atomic E-state index is 0.0119. The molecule has 3 heterocycles. The van der Waals surface area contributed by atoms with E-state index < -0.39 is 0 Å². The summed E-state index contributed by atoms with van der Waals surface area (Å²) in [5.74, 6) is 0.0119. The first-order chi connectivity index (χ1) is 26.3. The summed E-state index contributed by atoms with van der Waals surface area (Å²) in [6.07, 6.45) is 0. The fraction of sp³-hybridized carbons (Fsp3) is 0.0204. The van der Waals surface area contributed by atoms with E-state index in [2.05, 4.69) is 199 Å². The molecule has 247 valence electrons. The van der Waals surface area contributed by atoms with Crippen LogP contribution >= 0.6 is 11.3 Å². The zero-order valence-electron chi connectivity index (χ0n) is 28.8. The number of aromatic nitrogens is 1. The van der Waals surface area contributed by atoms with Crippen molar-refractivity contribution in [3.8, 4) is 16.8 Å². The molecule has 0 spiro atoms. The SMILES string of the molecule is [B]1c2ccccc2-n2c3ccccc3c3c(C(c4ccccc4)c4ccccc4)cc(-c4cc5c(cc4Nc4ccccc4)sc4ccccc45)c1c32. The Morgan fingerprint density at radius 3 is 1.94 bits per heavy atom. The van der Waals surface area contributed by atoms with Crippen molar-refractivity contribution < 1.29 is 0 Å². The summed E-state index contributed by atoms with van der Waals surface area (Å²) < 4.78 is 5.10. The molecule has 11 rings (SSSR count). The van der Waals surface area contributed by atoms with Crippen LogP contribution in [0.5, 0.6) is 0 Å². The van der Waals surface area contributed by atoms with Gasteiger partial charge in [0.25, 0.3) is 0 Å². The third-order valence-corrected chi connectivity index (χ3v) is 12.1. The monoisotopic (exact) mass is 691 g/mol. The number of nitrogens with zero attached hydrogens (tertiary/aromatic N) is 1. The Morgan fingerprint density at radius 2 is 1.17 bits per heavy atom. The van der Waals surface area contributed by atoms with E-state index in [4.69, 9.17) is 0 Å². The van der Waals surface area contributed by atoms with E-state index >= 15 is 0 Å². The Hall–Kier alpha value is -6.36. The quantitative estimate of drug-likeness (QED) is 0.136. The predicted molar refractivity (Wildman–Crippen MR) is 228 cm³/mol. The molecule has 0 unspecified atom stereocenters. The van der Waals surface area contributed by atoms with Gasteiger partial charge in [-0.15, -0.1) is 11.3 Å². The van der Waals surface area contributed by atoms with Crippen LogP contribution in [-0.2, 0) is 0 Å². The minimum Gasteiger partial charge on any atom is -0.355 e. The van der Waals surface area contributed by atoms with Gasteiger partial charge in [-0.25, -0.2) is 0 Å². The number of hydrogen-bond acceptors (Lipinski definition) is 2. The standard InChI is InChI=1S/C49H32BN2S/c1-4-16-31(17-5-1)46(32-18-6-2-7-19-32)39-29-38(48-49-47(39)35-23-10-13-25-42(35)52(49)43-26-14-12-24-40(43)50-48)36-28-37-34-22-11-15-27-44(34)53-45(37)30-41(36)51-33-20-8-3-9-21-33/h1-30,46,51H. The van der Waals surface area contributed by atoms with Crippen LogP contribution in [0.2, 0.25) is 0 Å². The van der Waals surface area contributed by atoms with Crippen molar-refractivity contribution in [3.63, 3.8) is 0 Å². The lowest BCUT2D eigenvalue weighted by Gasteiger charge is -2.27. The van der Waals surface area contributed by atoms with Crippen molar-refractivity contribution in [3.05, 3.63) is 199 Å². The highest BCUT2D eigenvalue weighted by atomic mass is 32.1. The van der Waals surface area contributed by atoms with E-state index in [0.29, 0.717) is 0 Å². The minimum atomic E-state index is 0.0119. The van der Waals surface area contributed by atoms with Gasteiger partial charge in [0.1, 0.15) is 0 Å². The molecular weight excluding hydrogens is 659 g/mol. The molecule has 2 aromatic heterocycles. The molecule has 53 heavy (non-hydrogen) atoms. The van der Waals surface area contributed by atoms with Crippen LogP contribution in [0.3, 0.4) is 0 Å². The average Bonchev–Trinajstić information content (AvgIpc) is 3.76. The van der Waals surface area contributed by atoms with E-state index in [1.807, 2.05) is 11.3 Å². The van der Waals surface area contributed by atoms with Gasteiger partial charge >= 0.3 is 0 Å². The summed E-state index contributed by atoms with van der Waals surface area (Å²) in [6, 6.07) is 66.6. The smallest absolute Gasteiger partial charge is 0.197 e. The highest BCUT2D eigenvalue weighted by molar-refractivity contribution is 7.25. The summed E-state index contributed by atoms with van der Waals surface area (Å²) >= 11 is 1.86. The fourth-order valence-corrected chi connectivity index (χ4v) is 9.78. The number of fused-ring (bicyclic) bond motifs is 8. The number of thiophene rings is 1. The van der Waals surface area contributed by atoms with Crippen LogP contribution in [0.4, 0.5) is 11.4 Å². The Morgan fingerprint density at radius 1 is 0.528 bits per heavy atom. The Balaban J connectivity index is 1.32.